The molecule has 0 aromatic heterocycles. The summed E-state index contributed by atoms with van der Waals surface area (Å²) in [6, 6.07) is 13.7. The van der Waals surface area contributed by atoms with Crippen molar-refractivity contribution in [2.45, 2.75) is 6.42 Å². The Hall–Kier alpha value is -2.86. The minimum Gasteiger partial charge on any atom is -0.355 e. The fourth-order valence-electron chi connectivity index (χ4n) is 2.91. The lowest BCUT2D eigenvalue weighted by atomic mass is 10.1. The van der Waals surface area contributed by atoms with Gasteiger partial charge >= 0.3 is 0 Å². The number of para-hydroxylation sites is 1. The molecule has 1 aliphatic heterocycles. The third-order valence-corrected chi connectivity index (χ3v) is 4.54. The standard InChI is InChI=1S/C19H18ClN3O3/c1-21-19(26)15-4-2-3-5-16(15)22-18(25)12-10-17(24)23(11-12)14-8-6-13(20)7-9-14/h2-9,12H,10-11H2,1H3,(H,21,26)(H,22,25)/t12-/m0/s1. The fourth-order valence-corrected chi connectivity index (χ4v) is 3.04. The molecule has 6 nitrogen and oxygen atoms in total. The lowest BCUT2D eigenvalue weighted by molar-refractivity contribution is -0.122. The van der Waals surface area contributed by atoms with Gasteiger partial charge < -0.3 is 15.5 Å². The molecule has 1 atom stereocenters. The number of anilines is 2. The van der Waals surface area contributed by atoms with E-state index in [1.807, 2.05) is 0 Å². The molecular weight excluding hydrogens is 354 g/mol. The lowest BCUT2D eigenvalue weighted by Crippen LogP contribution is -2.29. The van der Waals surface area contributed by atoms with E-state index < -0.39 is 5.92 Å². The molecule has 3 rings (SSSR count). The van der Waals surface area contributed by atoms with E-state index in [1.54, 1.807) is 53.4 Å². The summed E-state index contributed by atoms with van der Waals surface area (Å²) in [5.41, 5.74) is 1.51. The molecule has 0 bridgehead atoms. The molecule has 0 radical (unpaired) electrons. The first-order valence-corrected chi connectivity index (χ1v) is 8.55. The molecule has 7 heteroatoms. The van der Waals surface area contributed by atoms with E-state index in [1.165, 1.54) is 7.05 Å². The molecule has 2 aromatic rings. The number of rotatable bonds is 4. The zero-order chi connectivity index (χ0) is 18.7. The number of hydrogen-bond acceptors (Lipinski definition) is 3. The van der Waals surface area contributed by atoms with Crippen LogP contribution in [0.1, 0.15) is 16.8 Å². The summed E-state index contributed by atoms with van der Waals surface area (Å²) in [6.07, 6.45) is 0.122. The largest absolute Gasteiger partial charge is 0.355 e. The van der Waals surface area contributed by atoms with Gasteiger partial charge in [-0.05, 0) is 36.4 Å². The molecule has 1 fully saturated rings. The quantitative estimate of drug-likeness (QED) is 0.867. The number of amides is 3. The van der Waals surface area contributed by atoms with E-state index in [4.69, 9.17) is 11.6 Å². The molecule has 0 saturated carbocycles. The highest BCUT2D eigenvalue weighted by Crippen LogP contribution is 2.27. The molecule has 0 unspecified atom stereocenters. The van der Waals surface area contributed by atoms with Crippen LogP contribution in [0.25, 0.3) is 0 Å². The predicted octanol–water partition coefficient (Wildman–Crippen LogP) is 2.69. The van der Waals surface area contributed by atoms with Crippen LogP contribution >= 0.6 is 11.6 Å². The van der Waals surface area contributed by atoms with Crippen LogP contribution in [-0.4, -0.2) is 31.3 Å². The number of nitrogens with one attached hydrogen (secondary N) is 2. The molecule has 2 aromatic carbocycles. The summed E-state index contributed by atoms with van der Waals surface area (Å²) in [4.78, 5) is 38.4. The first-order chi connectivity index (χ1) is 12.5. The van der Waals surface area contributed by atoms with Gasteiger partial charge in [0.1, 0.15) is 0 Å². The third kappa shape index (κ3) is 3.70. The van der Waals surface area contributed by atoms with Crippen LogP contribution in [0, 0.1) is 5.92 Å². The maximum atomic E-state index is 12.6. The average Bonchev–Trinajstić information content (AvgIpc) is 3.04. The van der Waals surface area contributed by atoms with Crippen LogP contribution in [0.3, 0.4) is 0 Å². The maximum absolute atomic E-state index is 12.6. The van der Waals surface area contributed by atoms with E-state index in [2.05, 4.69) is 10.6 Å². The van der Waals surface area contributed by atoms with E-state index in [0.29, 0.717) is 22.0 Å². The lowest BCUT2D eigenvalue weighted by Gasteiger charge is -2.17. The second kappa shape index (κ2) is 7.58. The molecular formula is C19H18ClN3O3. The van der Waals surface area contributed by atoms with Crippen LogP contribution in [0.15, 0.2) is 48.5 Å². The Morgan fingerprint density at radius 1 is 1.12 bits per heavy atom. The van der Waals surface area contributed by atoms with Gasteiger partial charge in [0.15, 0.2) is 0 Å². The second-order valence-corrected chi connectivity index (χ2v) is 6.43. The Morgan fingerprint density at radius 2 is 1.81 bits per heavy atom. The Kier molecular flexibility index (Phi) is 5.23. The zero-order valence-electron chi connectivity index (χ0n) is 14.2. The Morgan fingerprint density at radius 3 is 2.50 bits per heavy atom. The molecule has 3 amide bonds. The molecule has 134 valence electrons. The number of halogens is 1. The number of benzene rings is 2. The molecule has 1 heterocycles. The van der Waals surface area contributed by atoms with Crippen LogP contribution in [0.4, 0.5) is 11.4 Å². The van der Waals surface area contributed by atoms with E-state index >= 15 is 0 Å². The van der Waals surface area contributed by atoms with Crippen molar-refractivity contribution in [3.05, 3.63) is 59.1 Å². The van der Waals surface area contributed by atoms with Crippen molar-refractivity contribution >= 4 is 40.7 Å². The van der Waals surface area contributed by atoms with Crippen LogP contribution < -0.4 is 15.5 Å². The van der Waals surface area contributed by atoms with E-state index in [-0.39, 0.29) is 30.7 Å². The predicted molar refractivity (Wildman–Crippen MR) is 100 cm³/mol. The molecule has 1 aliphatic rings. The van der Waals surface area contributed by atoms with Gasteiger partial charge in [-0.2, -0.15) is 0 Å². The number of hydrogen-bond donors (Lipinski definition) is 2. The normalized spacial score (nSPS) is 16.5. The summed E-state index contributed by atoms with van der Waals surface area (Å²) in [5, 5.41) is 5.89. The second-order valence-electron chi connectivity index (χ2n) is 6.00. The van der Waals surface area contributed by atoms with Crippen molar-refractivity contribution < 1.29 is 14.4 Å². The first-order valence-electron chi connectivity index (χ1n) is 8.17. The highest BCUT2D eigenvalue weighted by atomic mass is 35.5. The average molecular weight is 372 g/mol. The van der Waals surface area contributed by atoms with Gasteiger partial charge in [-0.15, -0.1) is 0 Å². The van der Waals surface area contributed by atoms with Crippen molar-refractivity contribution in [2.75, 3.05) is 23.8 Å². The molecule has 2 N–H and O–H groups in total. The first kappa shape index (κ1) is 17.9. The Labute approximate surface area is 156 Å². The summed E-state index contributed by atoms with van der Waals surface area (Å²) in [6.45, 7) is 0.286. The van der Waals surface area contributed by atoms with Gasteiger partial charge in [-0.25, -0.2) is 0 Å². The fraction of sp³-hybridized carbons (Fsp3) is 0.211. The minimum absolute atomic E-state index is 0.118. The van der Waals surface area contributed by atoms with Crippen molar-refractivity contribution in [3.8, 4) is 0 Å². The van der Waals surface area contributed by atoms with Crippen molar-refractivity contribution in [1.29, 1.82) is 0 Å². The van der Waals surface area contributed by atoms with Gasteiger partial charge in [0.25, 0.3) is 5.91 Å². The Bertz CT molecular complexity index is 851. The van der Waals surface area contributed by atoms with Gasteiger partial charge in [0, 0.05) is 30.7 Å². The topological polar surface area (TPSA) is 78.5 Å². The summed E-state index contributed by atoms with van der Waals surface area (Å²) in [5.74, 6) is -1.18. The van der Waals surface area contributed by atoms with Crippen LogP contribution in [0.2, 0.25) is 5.02 Å². The van der Waals surface area contributed by atoms with Gasteiger partial charge in [-0.1, -0.05) is 23.7 Å². The highest BCUT2D eigenvalue weighted by Gasteiger charge is 2.35. The number of carbonyl (C=O) groups is 3. The van der Waals surface area contributed by atoms with Crippen molar-refractivity contribution in [2.24, 2.45) is 5.92 Å². The van der Waals surface area contributed by atoms with Gasteiger partial charge in [-0.3, -0.25) is 14.4 Å². The molecule has 1 saturated heterocycles. The van der Waals surface area contributed by atoms with E-state index in [9.17, 15) is 14.4 Å². The smallest absolute Gasteiger partial charge is 0.253 e. The third-order valence-electron chi connectivity index (χ3n) is 4.29. The van der Waals surface area contributed by atoms with Crippen molar-refractivity contribution in [1.82, 2.24) is 5.32 Å². The summed E-state index contributed by atoms with van der Waals surface area (Å²) in [7, 11) is 1.53. The summed E-state index contributed by atoms with van der Waals surface area (Å²) >= 11 is 5.88. The maximum Gasteiger partial charge on any atom is 0.253 e. The number of nitrogens with zero attached hydrogens (tertiary/aromatic N) is 1. The minimum atomic E-state index is -0.490. The zero-order valence-corrected chi connectivity index (χ0v) is 14.9. The summed E-state index contributed by atoms with van der Waals surface area (Å²) < 4.78 is 0. The van der Waals surface area contributed by atoms with Gasteiger partial charge in [0.2, 0.25) is 11.8 Å². The SMILES string of the molecule is CNC(=O)c1ccccc1NC(=O)[C@H]1CC(=O)N(c2ccc(Cl)cc2)C1. The van der Waals surface area contributed by atoms with Crippen LogP contribution in [-0.2, 0) is 9.59 Å². The molecule has 0 aliphatic carbocycles. The Balaban J connectivity index is 1.73. The van der Waals surface area contributed by atoms with Crippen molar-refractivity contribution in [3.63, 3.8) is 0 Å². The van der Waals surface area contributed by atoms with Crippen LogP contribution in [0.5, 0.6) is 0 Å². The van der Waals surface area contributed by atoms with E-state index in [0.717, 1.165) is 0 Å². The monoisotopic (exact) mass is 371 g/mol. The molecule has 26 heavy (non-hydrogen) atoms. The highest BCUT2D eigenvalue weighted by molar-refractivity contribution is 6.30. The van der Waals surface area contributed by atoms with Gasteiger partial charge in [0.05, 0.1) is 17.2 Å². The number of carbonyl (C=O) groups excluding carboxylic acids is 3. The molecule has 0 spiro atoms.